The summed E-state index contributed by atoms with van der Waals surface area (Å²) in [6, 6.07) is 8.05. The number of amides is 1. The topological polar surface area (TPSA) is 60.2 Å². The van der Waals surface area contributed by atoms with Crippen molar-refractivity contribution in [1.29, 1.82) is 0 Å². The molecule has 1 fully saturated rings. The normalized spacial score (nSPS) is 14.8. The highest BCUT2D eigenvalue weighted by atomic mass is 16.5. The van der Waals surface area contributed by atoms with Crippen LogP contribution in [-0.2, 0) is 6.42 Å². The number of carbonyl (C=O) groups is 1. The SMILES string of the molecule is CCc1c(C(=O)N(C)C2CCCC2)nnn1-c1ccc(OC(C)C)cc1. The minimum atomic E-state index is -0.0280. The molecule has 1 aliphatic rings. The van der Waals surface area contributed by atoms with Gasteiger partial charge in [-0.3, -0.25) is 4.79 Å². The van der Waals surface area contributed by atoms with E-state index in [1.54, 1.807) is 4.68 Å². The Labute approximate surface area is 155 Å². The van der Waals surface area contributed by atoms with Crippen molar-refractivity contribution in [2.45, 2.75) is 65.0 Å². The maximum Gasteiger partial charge on any atom is 0.276 e. The van der Waals surface area contributed by atoms with Crippen LogP contribution in [0.1, 0.15) is 62.6 Å². The Balaban J connectivity index is 1.84. The smallest absolute Gasteiger partial charge is 0.276 e. The molecule has 1 aliphatic carbocycles. The summed E-state index contributed by atoms with van der Waals surface area (Å²) in [7, 11) is 1.88. The van der Waals surface area contributed by atoms with Crippen LogP contribution in [0.15, 0.2) is 24.3 Å². The van der Waals surface area contributed by atoms with E-state index in [0.717, 1.165) is 30.0 Å². The molecule has 0 unspecified atom stereocenters. The zero-order valence-electron chi connectivity index (χ0n) is 16.1. The summed E-state index contributed by atoms with van der Waals surface area (Å²) in [6.45, 7) is 6.02. The molecule has 0 radical (unpaired) electrons. The van der Waals surface area contributed by atoms with E-state index in [2.05, 4.69) is 10.3 Å². The molecule has 3 rings (SSSR count). The van der Waals surface area contributed by atoms with Crippen LogP contribution in [0.5, 0.6) is 5.75 Å². The summed E-state index contributed by atoms with van der Waals surface area (Å²) in [5, 5.41) is 8.47. The number of carbonyl (C=O) groups excluding carboxylic acids is 1. The van der Waals surface area contributed by atoms with E-state index in [1.807, 2.05) is 57.0 Å². The fourth-order valence-electron chi connectivity index (χ4n) is 3.55. The summed E-state index contributed by atoms with van der Waals surface area (Å²) in [4.78, 5) is 14.8. The van der Waals surface area contributed by atoms with Crippen molar-refractivity contribution in [1.82, 2.24) is 19.9 Å². The van der Waals surface area contributed by atoms with Crippen LogP contribution < -0.4 is 4.74 Å². The zero-order chi connectivity index (χ0) is 18.7. The molecule has 6 heteroatoms. The van der Waals surface area contributed by atoms with Crippen molar-refractivity contribution in [3.05, 3.63) is 35.7 Å². The van der Waals surface area contributed by atoms with Gasteiger partial charge in [0.25, 0.3) is 5.91 Å². The van der Waals surface area contributed by atoms with Gasteiger partial charge < -0.3 is 9.64 Å². The van der Waals surface area contributed by atoms with Gasteiger partial charge in [-0.1, -0.05) is 25.0 Å². The first-order valence-corrected chi connectivity index (χ1v) is 9.50. The molecule has 2 aromatic rings. The Morgan fingerprint density at radius 1 is 1.27 bits per heavy atom. The molecule has 0 atom stereocenters. The second-order valence-electron chi connectivity index (χ2n) is 7.16. The van der Waals surface area contributed by atoms with Crippen LogP contribution in [0, 0.1) is 0 Å². The van der Waals surface area contributed by atoms with Gasteiger partial charge in [0.1, 0.15) is 5.75 Å². The lowest BCUT2D eigenvalue weighted by atomic mass is 10.1. The number of aromatic nitrogens is 3. The third-order valence-electron chi connectivity index (χ3n) is 4.95. The van der Waals surface area contributed by atoms with Gasteiger partial charge in [-0.05, 0) is 57.4 Å². The quantitative estimate of drug-likeness (QED) is 0.793. The molecule has 6 nitrogen and oxygen atoms in total. The number of nitrogens with zero attached hydrogens (tertiary/aromatic N) is 4. The van der Waals surface area contributed by atoms with Gasteiger partial charge in [-0.25, -0.2) is 4.68 Å². The number of benzene rings is 1. The van der Waals surface area contributed by atoms with Crippen molar-refractivity contribution in [3.63, 3.8) is 0 Å². The summed E-state index contributed by atoms with van der Waals surface area (Å²) >= 11 is 0. The Hall–Kier alpha value is -2.37. The van der Waals surface area contributed by atoms with Crippen molar-refractivity contribution in [2.24, 2.45) is 0 Å². The van der Waals surface area contributed by atoms with E-state index in [0.29, 0.717) is 18.2 Å². The largest absolute Gasteiger partial charge is 0.491 e. The van der Waals surface area contributed by atoms with E-state index < -0.39 is 0 Å². The predicted octanol–water partition coefficient (Wildman–Crippen LogP) is 3.63. The molecule has 140 valence electrons. The molecule has 0 spiro atoms. The molecular weight excluding hydrogens is 328 g/mol. The van der Waals surface area contributed by atoms with Crippen molar-refractivity contribution < 1.29 is 9.53 Å². The van der Waals surface area contributed by atoms with Crippen molar-refractivity contribution in [2.75, 3.05) is 7.05 Å². The molecule has 1 aromatic carbocycles. The third-order valence-corrected chi connectivity index (χ3v) is 4.95. The Bertz CT molecular complexity index is 746. The van der Waals surface area contributed by atoms with Crippen LogP contribution in [0.2, 0.25) is 0 Å². The highest BCUT2D eigenvalue weighted by molar-refractivity contribution is 5.93. The molecule has 26 heavy (non-hydrogen) atoms. The lowest BCUT2D eigenvalue weighted by molar-refractivity contribution is 0.0728. The van der Waals surface area contributed by atoms with Crippen molar-refractivity contribution >= 4 is 5.91 Å². The summed E-state index contributed by atoms with van der Waals surface area (Å²) in [6.07, 6.45) is 5.37. The lowest BCUT2D eigenvalue weighted by Crippen LogP contribution is -2.36. The maximum absolute atomic E-state index is 12.9. The van der Waals surface area contributed by atoms with Crippen LogP contribution in [0.4, 0.5) is 0 Å². The summed E-state index contributed by atoms with van der Waals surface area (Å²) in [5.74, 6) is 0.791. The Kier molecular flexibility index (Phi) is 5.59. The van der Waals surface area contributed by atoms with Gasteiger partial charge in [0.15, 0.2) is 5.69 Å². The van der Waals surface area contributed by atoms with E-state index in [1.165, 1.54) is 12.8 Å². The average molecular weight is 356 g/mol. The average Bonchev–Trinajstić information content (AvgIpc) is 3.30. The minimum absolute atomic E-state index is 0.0280. The first-order chi connectivity index (χ1) is 12.5. The second-order valence-corrected chi connectivity index (χ2v) is 7.16. The first kappa shape index (κ1) is 18.4. The van der Waals surface area contributed by atoms with Gasteiger partial charge in [-0.2, -0.15) is 0 Å². The number of hydrogen-bond acceptors (Lipinski definition) is 4. The van der Waals surface area contributed by atoms with Crippen LogP contribution in [0.3, 0.4) is 0 Å². The number of hydrogen-bond donors (Lipinski definition) is 0. The van der Waals surface area contributed by atoms with Gasteiger partial charge in [0.05, 0.1) is 17.5 Å². The van der Waals surface area contributed by atoms with E-state index in [-0.39, 0.29) is 12.0 Å². The summed E-state index contributed by atoms with van der Waals surface area (Å²) in [5.41, 5.74) is 2.19. The van der Waals surface area contributed by atoms with Crippen LogP contribution in [-0.4, -0.2) is 45.0 Å². The van der Waals surface area contributed by atoms with Gasteiger partial charge in [0, 0.05) is 13.1 Å². The van der Waals surface area contributed by atoms with E-state index >= 15 is 0 Å². The molecule has 0 bridgehead atoms. The monoisotopic (exact) mass is 356 g/mol. The van der Waals surface area contributed by atoms with Crippen molar-refractivity contribution in [3.8, 4) is 11.4 Å². The fourth-order valence-corrected chi connectivity index (χ4v) is 3.55. The number of ether oxygens (including phenoxy) is 1. The fraction of sp³-hybridized carbons (Fsp3) is 0.550. The zero-order valence-corrected chi connectivity index (χ0v) is 16.1. The predicted molar refractivity (Wildman–Crippen MR) is 101 cm³/mol. The van der Waals surface area contributed by atoms with E-state index in [9.17, 15) is 4.79 Å². The van der Waals surface area contributed by atoms with Gasteiger partial charge in [0.2, 0.25) is 0 Å². The Morgan fingerprint density at radius 3 is 2.50 bits per heavy atom. The molecule has 0 aliphatic heterocycles. The highest BCUT2D eigenvalue weighted by Crippen LogP contribution is 2.25. The van der Waals surface area contributed by atoms with E-state index in [4.69, 9.17) is 4.74 Å². The molecule has 1 heterocycles. The lowest BCUT2D eigenvalue weighted by Gasteiger charge is -2.23. The maximum atomic E-state index is 12.9. The third kappa shape index (κ3) is 3.74. The molecule has 1 amide bonds. The molecular formula is C20H28N4O2. The van der Waals surface area contributed by atoms with Crippen LogP contribution in [0.25, 0.3) is 5.69 Å². The van der Waals surface area contributed by atoms with Gasteiger partial charge >= 0.3 is 0 Å². The molecule has 1 saturated carbocycles. The number of rotatable bonds is 6. The molecule has 0 saturated heterocycles. The van der Waals surface area contributed by atoms with Gasteiger partial charge in [-0.15, -0.1) is 5.10 Å². The minimum Gasteiger partial charge on any atom is -0.491 e. The second kappa shape index (κ2) is 7.89. The molecule has 1 aromatic heterocycles. The Morgan fingerprint density at radius 2 is 1.92 bits per heavy atom. The molecule has 0 N–H and O–H groups in total. The highest BCUT2D eigenvalue weighted by Gasteiger charge is 2.28. The first-order valence-electron chi connectivity index (χ1n) is 9.50. The van der Waals surface area contributed by atoms with Crippen LogP contribution >= 0.6 is 0 Å². The standard InChI is InChI=1S/C20H28N4O2/c1-5-18-19(20(25)23(4)15-8-6-7-9-15)21-22-24(18)16-10-12-17(13-11-16)26-14(2)3/h10-15H,5-9H2,1-4H3. The summed E-state index contributed by atoms with van der Waals surface area (Å²) < 4.78 is 7.45.